The molecule has 1 aromatic carbocycles. The number of rotatable bonds is 4. The number of anilines is 1. The highest BCUT2D eigenvalue weighted by Crippen LogP contribution is 2.18. The first kappa shape index (κ1) is 13.5. The summed E-state index contributed by atoms with van der Waals surface area (Å²) in [5, 5.41) is 3.96. The maximum Gasteiger partial charge on any atom is 0.267 e. The molecular formula is C15H21N3O. The van der Waals surface area contributed by atoms with Crippen molar-refractivity contribution >= 4 is 22.5 Å². The molecule has 0 aliphatic heterocycles. The molecule has 2 rings (SSSR count). The zero-order chi connectivity index (χ0) is 14.0. The monoisotopic (exact) mass is 259 g/mol. The maximum absolute atomic E-state index is 12.1. The molecule has 0 aliphatic carbocycles. The van der Waals surface area contributed by atoms with Crippen molar-refractivity contribution in [2.45, 2.75) is 33.2 Å². The molecule has 0 saturated heterocycles. The quantitative estimate of drug-likeness (QED) is 0.739. The summed E-state index contributed by atoms with van der Waals surface area (Å²) in [7, 11) is 0. The lowest BCUT2D eigenvalue weighted by Crippen LogP contribution is -2.33. The van der Waals surface area contributed by atoms with Crippen LogP contribution in [0.1, 0.15) is 37.7 Å². The Morgan fingerprint density at radius 1 is 1.32 bits per heavy atom. The smallest absolute Gasteiger partial charge is 0.267 e. The van der Waals surface area contributed by atoms with Crippen LogP contribution in [-0.2, 0) is 0 Å². The van der Waals surface area contributed by atoms with Crippen molar-refractivity contribution in [2.75, 3.05) is 5.73 Å². The Morgan fingerprint density at radius 3 is 2.74 bits per heavy atom. The summed E-state index contributed by atoms with van der Waals surface area (Å²) in [4.78, 5) is 15.2. The first-order chi connectivity index (χ1) is 8.95. The van der Waals surface area contributed by atoms with Crippen LogP contribution in [0.5, 0.6) is 0 Å². The number of aromatic amines is 1. The Labute approximate surface area is 113 Å². The Morgan fingerprint density at radius 2 is 2.05 bits per heavy atom. The molecule has 102 valence electrons. The van der Waals surface area contributed by atoms with Gasteiger partial charge in [-0.1, -0.05) is 13.8 Å². The Hall–Kier alpha value is -1.97. The summed E-state index contributed by atoms with van der Waals surface area (Å²) in [5.74, 6) is 0.501. The first-order valence-electron chi connectivity index (χ1n) is 6.65. The van der Waals surface area contributed by atoms with Gasteiger partial charge in [0.05, 0.1) is 0 Å². The van der Waals surface area contributed by atoms with Gasteiger partial charge in [-0.05, 0) is 43.5 Å². The SMILES string of the molecule is CC(C)CC(C)NC(=O)c1cc2cc(N)ccc2[nH]1. The molecule has 0 bridgehead atoms. The minimum atomic E-state index is -0.0667. The van der Waals surface area contributed by atoms with Crippen LogP contribution >= 0.6 is 0 Å². The summed E-state index contributed by atoms with van der Waals surface area (Å²) in [5.41, 5.74) is 7.94. The third-order valence-corrected chi connectivity index (χ3v) is 3.09. The molecule has 0 aliphatic rings. The lowest BCUT2D eigenvalue weighted by atomic mass is 10.1. The zero-order valence-corrected chi connectivity index (χ0v) is 11.7. The van der Waals surface area contributed by atoms with E-state index in [0.29, 0.717) is 17.3 Å². The van der Waals surface area contributed by atoms with Crippen LogP contribution in [0.4, 0.5) is 5.69 Å². The number of nitrogens with two attached hydrogens (primary N) is 1. The molecule has 1 amide bonds. The van der Waals surface area contributed by atoms with Gasteiger partial charge in [0.15, 0.2) is 0 Å². The van der Waals surface area contributed by atoms with E-state index in [1.54, 1.807) is 0 Å². The van der Waals surface area contributed by atoms with Gasteiger partial charge in [-0.15, -0.1) is 0 Å². The van der Waals surface area contributed by atoms with Crippen LogP contribution in [0.25, 0.3) is 10.9 Å². The van der Waals surface area contributed by atoms with E-state index in [1.165, 1.54) is 0 Å². The van der Waals surface area contributed by atoms with E-state index in [4.69, 9.17) is 5.73 Å². The molecule has 0 spiro atoms. The highest BCUT2D eigenvalue weighted by Gasteiger charge is 2.13. The van der Waals surface area contributed by atoms with E-state index in [9.17, 15) is 4.79 Å². The van der Waals surface area contributed by atoms with Crippen LogP contribution < -0.4 is 11.1 Å². The van der Waals surface area contributed by atoms with E-state index in [1.807, 2.05) is 31.2 Å². The number of amides is 1. The van der Waals surface area contributed by atoms with Gasteiger partial charge in [0.2, 0.25) is 0 Å². The second-order valence-electron chi connectivity index (χ2n) is 5.53. The van der Waals surface area contributed by atoms with Gasteiger partial charge >= 0.3 is 0 Å². The van der Waals surface area contributed by atoms with Crippen LogP contribution in [0.15, 0.2) is 24.3 Å². The Bertz CT molecular complexity index is 586. The van der Waals surface area contributed by atoms with E-state index >= 15 is 0 Å². The molecule has 1 heterocycles. The van der Waals surface area contributed by atoms with Gasteiger partial charge in [0, 0.05) is 22.6 Å². The van der Waals surface area contributed by atoms with Crippen molar-refractivity contribution in [1.29, 1.82) is 0 Å². The topological polar surface area (TPSA) is 70.9 Å². The number of aromatic nitrogens is 1. The Kier molecular flexibility index (Phi) is 3.79. The lowest BCUT2D eigenvalue weighted by Gasteiger charge is -2.15. The predicted octanol–water partition coefficient (Wildman–Crippen LogP) is 2.91. The first-order valence-corrected chi connectivity index (χ1v) is 6.65. The zero-order valence-electron chi connectivity index (χ0n) is 11.7. The van der Waals surface area contributed by atoms with Gasteiger partial charge in [-0.25, -0.2) is 0 Å². The predicted molar refractivity (Wildman–Crippen MR) is 79.1 cm³/mol. The fourth-order valence-corrected chi connectivity index (χ4v) is 2.34. The van der Waals surface area contributed by atoms with Gasteiger partial charge in [-0.3, -0.25) is 4.79 Å². The normalized spacial score (nSPS) is 12.8. The molecule has 19 heavy (non-hydrogen) atoms. The lowest BCUT2D eigenvalue weighted by molar-refractivity contribution is 0.0932. The molecule has 0 radical (unpaired) electrons. The van der Waals surface area contributed by atoms with Crippen molar-refractivity contribution in [1.82, 2.24) is 10.3 Å². The number of hydrogen-bond acceptors (Lipinski definition) is 2. The standard InChI is InChI=1S/C15H21N3O/c1-9(2)6-10(3)17-15(19)14-8-11-7-12(16)4-5-13(11)18-14/h4-5,7-10,18H,6,16H2,1-3H3,(H,17,19). The summed E-state index contributed by atoms with van der Waals surface area (Å²) in [6.45, 7) is 6.32. The molecular weight excluding hydrogens is 238 g/mol. The van der Waals surface area contributed by atoms with Gasteiger partial charge < -0.3 is 16.0 Å². The van der Waals surface area contributed by atoms with Crippen molar-refractivity contribution in [3.63, 3.8) is 0 Å². The summed E-state index contributed by atoms with van der Waals surface area (Å²) in [6, 6.07) is 7.58. The van der Waals surface area contributed by atoms with Crippen LogP contribution in [-0.4, -0.2) is 16.9 Å². The van der Waals surface area contributed by atoms with E-state index < -0.39 is 0 Å². The third kappa shape index (κ3) is 3.28. The molecule has 4 nitrogen and oxygen atoms in total. The molecule has 1 aromatic heterocycles. The number of carbonyl (C=O) groups is 1. The fraction of sp³-hybridized carbons (Fsp3) is 0.400. The number of nitrogen functional groups attached to an aromatic ring is 1. The Balaban J connectivity index is 2.13. The van der Waals surface area contributed by atoms with E-state index in [2.05, 4.69) is 24.1 Å². The number of carbonyl (C=O) groups excluding carboxylic acids is 1. The number of nitrogens with one attached hydrogen (secondary N) is 2. The van der Waals surface area contributed by atoms with Crippen LogP contribution in [0.3, 0.4) is 0 Å². The van der Waals surface area contributed by atoms with Crippen molar-refractivity contribution in [3.05, 3.63) is 30.0 Å². The minimum absolute atomic E-state index is 0.0667. The maximum atomic E-state index is 12.1. The molecule has 4 N–H and O–H groups in total. The van der Waals surface area contributed by atoms with Crippen LogP contribution in [0.2, 0.25) is 0 Å². The molecule has 1 unspecified atom stereocenters. The number of benzene rings is 1. The average Bonchev–Trinajstić information content (AvgIpc) is 2.70. The number of hydrogen-bond donors (Lipinski definition) is 3. The van der Waals surface area contributed by atoms with Gasteiger partial charge in [0.25, 0.3) is 5.91 Å². The van der Waals surface area contributed by atoms with Gasteiger partial charge in [-0.2, -0.15) is 0 Å². The minimum Gasteiger partial charge on any atom is -0.399 e. The van der Waals surface area contributed by atoms with Gasteiger partial charge in [0.1, 0.15) is 5.69 Å². The van der Waals surface area contributed by atoms with Crippen LogP contribution in [0, 0.1) is 5.92 Å². The molecule has 0 saturated carbocycles. The van der Waals surface area contributed by atoms with E-state index in [0.717, 1.165) is 17.3 Å². The highest BCUT2D eigenvalue weighted by molar-refractivity contribution is 5.98. The largest absolute Gasteiger partial charge is 0.399 e. The summed E-state index contributed by atoms with van der Waals surface area (Å²) >= 11 is 0. The number of fused-ring (bicyclic) bond motifs is 1. The van der Waals surface area contributed by atoms with Crippen molar-refractivity contribution in [3.8, 4) is 0 Å². The van der Waals surface area contributed by atoms with E-state index in [-0.39, 0.29) is 11.9 Å². The summed E-state index contributed by atoms with van der Waals surface area (Å²) in [6.07, 6.45) is 0.971. The molecule has 1 atom stereocenters. The highest BCUT2D eigenvalue weighted by atomic mass is 16.1. The van der Waals surface area contributed by atoms with Crippen molar-refractivity contribution in [2.24, 2.45) is 5.92 Å². The number of H-pyrrole nitrogens is 1. The second-order valence-corrected chi connectivity index (χ2v) is 5.53. The molecule has 4 heteroatoms. The van der Waals surface area contributed by atoms with Crippen molar-refractivity contribution < 1.29 is 4.79 Å². The average molecular weight is 259 g/mol. The molecule has 2 aromatic rings. The fourth-order valence-electron chi connectivity index (χ4n) is 2.34. The molecule has 0 fully saturated rings. The second kappa shape index (κ2) is 5.34. The summed E-state index contributed by atoms with van der Waals surface area (Å²) < 4.78 is 0. The third-order valence-electron chi connectivity index (χ3n) is 3.09.